The summed E-state index contributed by atoms with van der Waals surface area (Å²) >= 11 is 0. The Kier molecular flexibility index (Phi) is 2.67. The zero-order chi connectivity index (χ0) is 13.6. The Morgan fingerprint density at radius 1 is 1.42 bits per heavy atom. The van der Waals surface area contributed by atoms with Crippen molar-refractivity contribution >= 4 is 0 Å². The van der Waals surface area contributed by atoms with Crippen LogP contribution in [0.2, 0.25) is 0 Å². The van der Waals surface area contributed by atoms with E-state index in [0.29, 0.717) is 0 Å². The van der Waals surface area contributed by atoms with E-state index in [1.165, 1.54) is 0 Å². The average Bonchev–Trinajstić information content (AvgIpc) is 2.73. The van der Waals surface area contributed by atoms with E-state index in [1.807, 2.05) is 19.3 Å². The van der Waals surface area contributed by atoms with Crippen LogP contribution in [0.4, 0.5) is 0 Å². The molecule has 2 N–H and O–H groups in total. The zero-order valence-corrected chi connectivity index (χ0v) is 11.6. The van der Waals surface area contributed by atoms with E-state index in [0.717, 1.165) is 35.6 Å². The molecule has 0 amide bonds. The first-order valence-electron chi connectivity index (χ1n) is 6.56. The van der Waals surface area contributed by atoms with Gasteiger partial charge < -0.3 is 5.73 Å². The van der Waals surface area contributed by atoms with Gasteiger partial charge in [-0.15, -0.1) is 0 Å². The van der Waals surface area contributed by atoms with Crippen molar-refractivity contribution in [2.75, 3.05) is 0 Å². The molecule has 0 radical (unpaired) electrons. The molecule has 5 heteroatoms. The summed E-state index contributed by atoms with van der Waals surface area (Å²) in [5, 5.41) is 4.16. The lowest BCUT2D eigenvalue weighted by Crippen LogP contribution is -2.30. The van der Waals surface area contributed by atoms with Crippen LogP contribution in [0.5, 0.6) is 0 Å². The summed E-state index contributed by atoms with van der Waals surface area (Å²) in [6, 6.07) is 1.97. The second-order valence-electron chi connectivity index (χ2n) is 6.09. The molecule has 5 nitrogen and oxygen atoms in total. The van der Waals surface area contributed by atoms with Gasteiger partial charge in [0.2, 0.25) is 0 Å². The van der Waals surface area contributed by atoms with Crippen molar-refractivity contribution in [1.82, 2.24) is 19.7 Å². The van der Waals surface area contributed by atoms with Crippen molar-refractivity contribution in [1.29, 1.82) is 0 Å². The van der Waals surface area contributed by atoms with Crippen molar-refractivity contribution in [2.45, 2.75) is 32.7 Å². The second-order valence-corrected chi connectivity index (χ2v) is 6.09. The van der Waals surface area contributed by atoms with Crippen molar-refractivity contribution in [3.63, 3.8) is 0 Å². The van der Waals surface area contributed by atoms with Gasteiger partial charge in [-0.3, -0.25) is 4.68 Å². The molecule has 1 aliphatic carbocycles. The van der Waals surface area contributed by atoms with Gasteiger partial charge in [0.25, 0.3) is 0 Å². The lowest BCUT2D eigenvalue weighted by atomic mass is 9.74. The van der Waals surface area contributed by atoms with Crippen LogP contribution in [0.1, 0.15) is 37.6 Å². The van der Waals surface area contributed by atoms with E-state index in [4.69, 9.17) is 10.7 Å². The molecule has 1 aliphatic rings. The number of hydrogen-bond donors (Lipinski definition) is 1. The van der Waals surface area contributed by atoms with Crippen molar-refractivity contribution in [2.24, 2.45) is 18.2 Å². The molecule has 19 heavy (non-hydrogen) atoms. The molecular weight excluding hydrogens is 238 g/mol. The summed E-state index contributed by atoms with van der Waals surface area (Å²) in [5.41, 5.74) is 9.52. The highest BCUT2D eigenvalue weighted by Crippen LogP contribution is 2.38. The van der Waals surface area contributed by atoms with E-state index in [9.17, 15) is 0 Å². The summed E-state index contributed by atoms with van der Waals surface area (Å²) in [4.78, 5) is 9.15. The number of fused-ring (bicyclic) bond motifs is 1. The fourth-order valence-electron chi connectivity index (χ4n) is 2.83. The highest BCUT2D eigenvalue weighted by atomic mass is 15.3. The first-order valence-corrected chi connectivity index (χ1v) is 6.56. The Morgan fingerprint density at radius 3 is 2.89 bits per heavy atom. The van der Waals surface area contributed by atoms with Gasteiger partial charge in [0.05, 0.1) is 0 Å². The molecular formula is C14H19N5. The molecule has 1 unspecified atom stereocenters. The fourth-order valence-corrected chi connectivity index (χ4v) is 2.83. The highest BCUT2D eigenvalue weighted by molar-refractivity contribution is 5.49. The third-order valence-corrected chi connectivity index (χ3v) is 3.77. The van der Waals surface area contributed by atoms with Crippen LogP contribution >= 0.6 is 0 Å². The lowest BCUT2D eigenvalue weighted by Gasteiger charge is -2.34. The van der Waals surface area contributed by atoms with Crippen LogP contribution < -0.4 is 5.73 Å². The largest absolute Gasteiger partial charge is 0.324 e. The number of aryl methyl sites for hydroxylation is 1. The molecule has 0 fully saturated rings. The van der Waals surface area contributed by atoms with Gasteiger partial charge in [-0.2, -0.15) is 5.10 Å². The van der Waals surface area contributed by atoms with E-state index in [1.54, 1.807) is 10.9 Å². The predicted octanol–water partition coefficient (Wildman–Crippen LogP) is 1.85. The Morgan fingerprint density at radius 2 is 2.21 bits per heavy atom. The molecule has 2 heterocycles. The minimum atomic E-state index is 0.0411. The number of hydrogen-bond acceptors (Lipinski definition) is 4. The van der Waals surface area contributed by atoms with Crippen LogP contribution in [0.15, 0.2) is 18.5 Å². The van der Waals surface area contributed by atoms with Crippen LogP contribution in [0.25, 0.3) is 11.5 Å². The number of aromatic nitrogens is 4. The first kappa shape index (κ1) is 12.3. The zero-order valence-electron chi connectivity index (χ0n) is 11.6. The second kappa shape index (κ2) is 4.13. The Hall–Kier alpha value is -1.75. The van der Waals surface area contributed by atoms with Gasteiger partial charge in [-0.25, -0.2) is 9.97 Å². The maximum absolute atomic E-state index is 6.22. The van der Waals surface area contributed by atoms with Gasteiger partial charge in [-0.1, -0.05) is 13.8 Å². The first-order chi connectivity index (χ1) is 8.96. The molecule has 3 rings (SSSR count). The molecule has 0 spiro atoms. The number of rotatable bonds is 1. The molecule has 2 aromatic rings. The van der Waals surface area contributed by atoms with Gasteiger partial charge >= 0.3 is 0 Å². The summed E-state index contributed by atoms with van der Waals surface area (Å²) in [7, 11) is 1.90. The monoisotopic (exact) mass is 257 g/mol. The van der Waals surface area contributed by atoms with Crippen molar-refractivity contribution in [3.8, 4) is 11.5 Å². The molecule has 0 saturated heterocycles. The molecule has 0 aromatic carbocycles. The molecule has 0 bridgehead atoms. The normalized spacial score (nSPS) is 21.2. The molecule has 100 valence electrons. The highest BCUT2D eigenvalue weighted by Gasteiger charge is 2.31. The summed E-state index contributed by atoms with van der Waals surface area (Å²) in [5.74, 6) is 0.726. The minimum absolute atomic E-state index is 0.0411. The van der Waals surface area contributed by atoms with Gasteiger partial charge in [0.15, 0.2) is 5.82 Å². The van der Waals surface area contributed by atoms with Crippen molar-refractivity contribution < 1.29 is 0 Å². The number of nitrogens with two attached hydrogens (primary N) is 1. The summed E-state index contributed by atoms with van der Waals surface area (Å²) in [6.45, 7) is 4.48. The maximum atomic E-state index is 6.22. The quantitative estimate of drug-likeness (QED) is 0.846. The van der Waals surface area contributed by atoms with Gasteiger partial charge in [-0.05, 0) is 24.3 Å². The fraction of sp³-hybridized carbons (Fsp3) is 0.500. The van der Waals surface area contributed by atoms with E-state index < -0.39 is 0 Å². The molecule has 0 aliphatic heterocycles. The Bertz CT molecular complexity index is 614. The maximum Gasteiger partial charge on any atom is 0.178 e. The van der Waals surface area contributed by atoms with E-state index >= 15 is 0 Å². The third kappa shape index (κ3) is 2.14. The summed E-state index contributed by atoms with van der Waals surface area (Å²) in [6.07, 6.45) is 5.57. The SMILES string of the molecule is Cn1nccc1-c1ncc2c(n1)CC(C)(C)CC2N. The molecule has 1 atom stereocenters. The topological polar surface area (TPSA) is 69.6 Å². The minimum Gasteiger partial charge on any atom is -0.324 e. The van der Waals surface area contributed by atoms with Gasteiger partial charge in [0.1, 0.15) is 5.69 Å². The van der Waals surface area contributed by atoms with E-state index in [2.05, 4.69) is 23.9 Å². The Labute approximate surface area is 112 Å². The van der Waals surface area contributed by atoms with Crippen molar-refractivity contribution in [3.05, 3.63) is 29.7 Å². The Balaban J connectivity index is 2.07. The summed E-state index contributed by atoms with van der Waals surface area (Å²) < 4.78 is 1.79. The van der Waals surface area contributed by atoms with Crippen LogP contribution in [0.3, 0.4) is 0 Å². The molecule has 0 saturated carbocycles. The number of nitrogens with zero attached hydrogens (tertiary/aromatic N) is 4. The molecule has 2 aromatic heterocycles. The van der Waals surface area contributed by atoms with Gasteiger partial charge in [0, 0.05) is 36.7 Å². The lowest BCUT2D eigenvalue weighted by molar-refractivity contribution is 0.278. The average molecular weight is 257 g/mol. The third-order valence-electron chi connectivity index (χ3n) is 3.77. The standard InChI is InChI=1S/C14H19N5/c1-14(2)6-10(15)9-8-16-13(18-11(9)7-14)12-4-5-17-19(12)3/h4-5,8,10H,6-7,15H2,1-3H3. The van der Waals surface area contributed by atoms with Crippen LogP contribution in [-0.2, 0) is 13.5 Å². The smallest absolute Gasteiger partial charge is 0.178 e. The van der Waals surface area contributed by atoms with Crippen LogP contribution in [-0.4, -0.2) is 19.7 Å². The van der Waals surface area contributed by atoms with Crippen LogP contribution in [0, 0.1) is 5.41 Å². The predicted molar refractivity (Wildman–Crippen MR) is 73.3 cm³/mol. The van der Waals surface area contributed by atoms with E-state index in [-0.39, 0.29) is 11.5 Å².